The van der Waals surface area contributed by atoms with Gasteiger partial charge in [-0.3, -0.25) is 9.48 Å². The third-order valence-corrected chi connectivity index (χ3v) is 3.07. The van der Waals surface area contributed by atoms with Crippen molar-refractivity contribution in [3.05, 3.63) is 47.8 Å². The molecule has 1 aromatic heterocycles. The molecule has 0 aliphatic rings. The maximum atomic E-state index is 12.4. The molecule has 5 heteroatoms. The second-order valence-corrected chi connectivity index (χ2v) is 4.96. The number of ether oxygens (including phenoxy) is 1. The Kier molecular flexibility index (Phi) is 4.42. The van der Waals surface area contributed by atoms with Gasteiger partial charge >= 0.3 is 0 Å². The highest BCUT2D eigenvalue weighted by molar-refractivity contribution is 6.07. The van der Waals surface area contributed by atoms with Gasteiger partial charge in [0.1, 0.15) is 0 Å². The zero-order chi connectivity index (χ0) is 15.4. The molecule has 2 aromatic rings. The number of nitrogens with zero attached hydrogens (tertiary/aromatic N) is 2. The third-order valence-electron chi connectivity index (χ3n) is 3.07. The SMILES string of the molecule is COc1cnn(C(C)C)c1C(=O)/C=C/c1ccc(N)cc1. The van der Waals surface area contributed by atoms with Gasteiger partial charge in [-0.05, 0) is 37.6 Å². The van der Waals surface area contributed by atoms with Gasteiger partial charge in [0.15, 0.2) is 11.4 Å². The average Bonchev–Trinajstić information content (AvgIpc) is 2.90. The smallest absolute Gasteiger partial charge is 0.207 e. The molecule has 0 amide bonds. The molecule has 5 nitrogen and oxygen atoms in total. The Morgan fingerprint density at radius 1 is 1.33 bits per heavy atom. The molecule has 1 aromatic carbocycles. The predicted molar refractivity (Wildman–Crippen MR) is 83.4 cm³/mol. The molecule has 0 atom stereocenters. The number of nitrogen functional groups attached to an aromatic ring is 1. The van der Waals surface area contributed by atoms with Crippen molar-refractivity contribution < 1.29 is 9.53 Å². The molecule has 2 rings (SSSR count). The van der Waals surface area contributed by atoms with Crippen molar-refractivity contribution in [2.75, 3.05) is 12.8 Å². The number of aromatic nitrogens is 2. The molecule has 21 heavy (non-hydrogen) atoms. The first-order valence-corrected chi connectivity index (χ1v) is 6.72. The molecule has 0 aliphatic heterocycles. The molecule has 0 saturated carbocycles. The molecule has 0 bridgehead atoms. The number of benzene rings is 1. The van der Waals surface area contributed by atoms with Crippen LogP contribution in [0.25, 0.3) is 6.08 Å². The van der Waals surface area contributed by atoms with E-state index in [1.807, 2.05) is 26.0 Å². The maximum absolute atomic E-state index is 12.4. The lowest BCUT2D eigenvalue weighted by molar-refractivity contribution is 0.103. The van der Waals surface area contributed by atoms with Gasteiger partial charge in [0.25, 0.3) is 0 Å². The summed E-state index contributed by atoms with van der Waals surface area (Å²) >= 11 is 0. The lowest BCUT2D eigenvalue weighted by Crippen LogP contribution is -2.12. The van der Waals surface area contributed by atoms with Gasteiger partial charge in [0.2, 0.25) is 5.78 Å². The van der Waals surface area contributed by atoms with Crippen LogP contribution in [0.3, 0.4) is 0 Å². The Labute approximate surface area is 124 Å². The quantitative estimate of drug-likeness (QED) is 0.521. The standard InChI is InChI=1S/C16H19N3O2/c1-11(2)19-16(15(21-3)10-18-19)14(20)9-6-12-4-7-13(17)8-5-12/h4-11H,17H2,1-3H3/b9-6+. The Bertz CT molecular complexity index is 655. The number of hydrogen-bond donors (Lipinski definition) is 1. The summed E-state index contributed by atoms with van der Waals surface area (Å²) in [5, 5.41) is 4.19. The first kappa shape index (κ1) is 14.8. The maximum Gasteiger partial charge on any atom is 0.207 e. The molecule has 0 unspecified atom stereocenters. The van der Waals surface area contributed by atoms with E-state index >= 15 is 0 Å². The van der Waals surface area contributed by atoms with Crippen molar-refractivity contribution in [2.24, 2.45) is 0 Å². The molecule has 0 spiro atoms. The number of methoxy groups -OCH3 is 1. The summed E-state index contributed by atoms with van der Waals surface area (Å²) in [6, 6.07) is 7.39. The second-order valence-electron chi connectivity index (χ2n) is 4.96. The van der Waals surface area contributed by atoms with Crippen LogP contribution in [0.1, 0.15) is 35.9 Å². The summed E-state index contributed by atoms with van der Waals surface area (Å²) in [4.78, 5) is 12.4. The summed E-state index contributed by atoms with van der Waals surface area (Å²) < 4.78 is 6.87. The summed E-state index contributed by atoms with van der Waals surface area (Å²) in [6.07, 6.45) is 4.83. The Hall–Kier alpha value is -2.56. The molecule has 0 radical (unpaired) electrons. The van der Waals surface area contributed by atoms with Crippen LogP contribution in [0.15, 0.2) is 36.5 Å². The van der Waals surface area contributed by atoms with Crippen molar-refractivity contribution in [3.8, 4) is 5.75 Å². The van der Waals surface area contributed by atoms with E-state index in [4.69, 9.17) is 10.5 Å². The van der Waals surface area contributed by atoms with Crippen molar-refractivity contribution in [2.45, 2.75) is 19.9 Å². The lowest BCUT2D eigenvalue weighted by atomic mass is 10.1. The summed E-state index contributed by atoms with van der Waals surface area (Å²) in [5.74, 6) is 0.338. The fraction of sp³-hybridized carbons (Fsp3) is 0.250. The Balaban J connectivity index is 2.27. The largest absolute Gasteiger partial charge is 0.493 e. The van der Waals surface area contributed by atoms with E-state index in [0.29, 0.717) is 17.1 Å². The first-order chi connectivity index (χ1) is 10.0. The molecule has 0 fully saturated rings. The zero-order valence-electron chi connectivity index (χ0n) is 12.4. The number of carbonyl (C=O) groups excluding carboxylic acids is 1. The number of allylic oxidation sites excluding steroid dienone is 1. The number of rotatable bonds is 5. The van der Waals surface area contributed by atoms with Gasteiger partial charge in [0, 0.05) is 11.7 Å². The molecular formula is C16H19N3O2. The highest BCUT2D eigenvalue weighted by Crippen LogP contribution is 2.22. The van der Waals surface area contributed by atoms with E-state index in [-0.39, 0.29) is 11.8 Å². The van der Waals surface area contributed by atoms with Gasteiger partial charge in [-0.25, -0.2) is 0 Å². The Morgan fingerprint density at radius 2 is 2.00 bits per heavy atom. The molecule has 110 valence electrons. The van der Waals surface area contributed by atoms with Crippen molar-refractivity contribution >= 4 is 17.5 Å². The summed E-state index contributed by atoms with van der Waals surface area (Å²) in [7, 11) is 1.53. The van der Waals surface area contributed by atoms with Crippen molar-refractivity contribution in [1.29, 1.82) is 0 Å². The van der Waals surface area contributed by atoms with Gasteiger partial charge in [-0.1, -0.05) is 18.2 Å². The van der Waals surface area contributed by atoms with E-state index in [2.05, 4.69) is 5.10 Å². The van der Waals surface area contributed by atoms with E-state index < -0.39 is 0 Å². The fourth-order valence-electron chi connectivity index (χ4n) is 1.98. The monoisotopic (exact) mass is 285 g/mol. The lowest BCUT2D eigenvalue weighted by Gasteiger charge is -2.09. The van der Waals surface area contributed by atoms with Crippen LogP contribution in [0.4, 0.5) is 5.69 Å². The minimum absolute atomic E-state index is 0.0813. The molecule has 1 heterocycles. The highest BCUT2D eigenvalue weighted by Gasteiger charge is 2.18. The average molecular weight is 285 g/mol. The van der Waals surface area contributed by atoms with E-state index in [1.54, 1.807) is 29.1 Å². The second kappa shape index (κ2) is 6.26. The van der Waals surface area contributed by atoms with E-state index in [0.717, 1.165) is 5.56 Å². The number of hydrogen-bond acceptors (Lipinski definition) is 4. The Morgan fingerprint density at radius 3 is 2.57 bits per heavy atom. The van der Waals surface area contributed by atoms with Crippen LogP contribution >= 0.6 is 0 Å². The fourth-order valence-corrected chi connectivity index (χ4v) is 1.98. The number of ketones is 1. The van der Waals surface area contributed by atoms with Crippen LogP contribution in [0.2, 0.25) is 0 Å². The van der Waals surface area contributed by atoms with Gasteiger partial charge in [-0.15, -0.1) is 0 Å². The van der Waals surface area contributed by atoms with Crippen molar-refractivity contribution in [1.82, 2.24) is 9.78 Å². The number of anilines is 1. The van der Waals surface area contributed by atoms with Gasteiger partial charge in [-0.2, -0.15) is 5.10 Å². The normalized spacial score (nSPS) is 11.2. The van der Waals surface area contributed by atoms with Gasteiger partial charge < -0.3 is 10.5 Å². The topological polar surface area (TPSA) is 70.1 Å². The van der Waals surface area contributed by atoms with E-state index in [9.17, 15) is 4.79 Å². The first-order valence-electron chi connectivity index (χ1n) is 6.72. The molecule has 0 saturated heterocycles. The van der Waals surface area contributed by atoms with Crippen LogP contribution < -0.4 is 10.5 Å². The third kappa shape index (κ3) is 3.31. The summed E-state index contributed by atoms with van der Waals surface area (Å²) in [5.41, 5.74) is 7.69. The highest BCUT2D eigenvalue weighted by atomic mass is 16.5. The summed E-state index contributed by atoms with van der Waals surface area (Å²) in [6.45, 7) is 3.93. The van der Waals surface area contributed by atoms with Gasteiger partial charge in [0.05, 0.1) is 13.3 Å². The zero-order valence-corrected chi connectivity index (χ0v) is 12.4. The minimum atomic E-state index is -0.144. The molecule has 2 N–H and O–H groups in total. The van der Waals surface area contributed by atoms with Crippen molar-refractivity contribution in [3.63, 3.8) is 0 Å². The van der Waals surface area contributed by atoms with Crippen LogP contribution in [-0.4, -0.2) is 22.7 Å². The predicted octanol–water partition coefficient (Wildman–Crippen LogP) is 2.95. The van der Waals surface area contributed by atoms with Crippen LogP contribution in [0.5, 0.6) is 5.75 Å². The van der Waals surface area contributed by atoms with Crippen LogP contribution in [0, 0.1) is 0 Å². The minimum Gasteiger partial charge on any atom is -0.493 e. The van der Waals surface area contributed by atoms with E-state index in [1.165, 1.54) is 13.2 Å². The molecular weight excluding hydrogens is 266 g/mol. The molecule has 0 aliphatic carbocycles. The van der Waals surface area contributed by atoms with Crippen LogP contribution in [-0.2, 0) is 0 Å². The number of carbonyl (C=O) groups is 1. The number of nitrogens with two attached hydrogens (primary N) is 1.